The van der Waals surface area contributed by atoms with Crippen LogP contribution >= 0.6 is 0 Å². The molecule has 0 fully saturated rings. The highest BCUT2D eigenvalue weighted by Gasteiger charge is 1.90. The summed E-state index contributed by atoms with van der Waals surface area (Å²) in [5.74, 6) is 0.530. The molecule has 10 heavy (non-hydrogen) atoms. The number of rotatable bonds is 2. The van der Waals surface area contributed by atoms with Crippen LogP contribution in [0.1, 0.15) is 5.69 Å². The van der Waals surface area contributed by atoms with Gasteiger partial charge in [-0.2, -0.15) is 0 Å². The zero-order valence-electron chi connectivity index (χ0n) is 5.57. The van der Waals surface area contributed by atoms with Crippen LogP contribution in [0.5, 0.6) is 5.75 Å². The molecule has 0 amide bonds. The van der Waals surface area contributed by atoms with E-state index < -0.39 is 0 Å². The summed E-state index contributed by atoms with van der Waals surface area (Å²) in [6.45, 7) is 2.23. The molecule has 1 aromatic rings. The molecule has 52 valence electrons. The van der Waals surface area contributed by atoms with Crippen LogP contribution in [0.4, 0.5) is 0 Å². The zero-order chi connectivity index (χ0) is 7.40. The van der Waals surface area contributed by atoms with Crippen molar-refractivity contribution in [1.29, 1.82) is 0 Å². The highest BCUT2D eigenvalue weighted by molar-refractivity contribution is 5.44. The molecule has 1 aromatic heterocycles. The van der Waals surface area contributed by atoms with E-state index in [0.29, 0.717) is 12.2 Å². The maximum absolute atomic E-state index is 9.84. The van der Waals surface area contributed by atoms with Crippen LogP contribution in [0.2, 0.25) is 0 Å². The molecule has 0 aliphatic carbocycles. The minimum Gasteiger partial charge on any atom is -0.429 e. The van der Waals surface area contributed by atoms with Crippen molar-refractivity contribution in [1.82, 2.24) is 4.98 Å². The van der Waals surface area contributed by atoms with Crippen LogP contribution < -0.4 is 4.74 Å². The van der Waals surface area contributed by atoms with Gasteiger partial charge in [-0.25, -0.2) is 0 Å². The Bertz CT molecular complexity index is 235. The fourth-order valence-electron chi connectivity index (χ4n) is 0.648. The molecule has 0 aromatic carbocycles. The summed E-state index contributed by atoms with van der Waals surface area (Å²) < 4.78 is 4.57. The molecule has 1 rings (SSSR count). The van der Waals surface area contributed by atoms with Gasteiger partial charge >= 0.3 is 0 Å². The Balaban J connectivity index is 2.84. The summed E-state index contributed by atoms with van der Waals surface area (Å²) in [7, 11) is 0. The predicted octanol–water partition coefficient (Wildman–Crippen LogP) is 0.925. The predicted molar refractivity (Wildman–Crippen MR) is 35.7 cm³/mol. The maximum atomic E-state index is 9.84. The molecular weight excluding hydrogens is 130 g/mol. The Hall–Kier alpha value is -1.38. The van der Waals surface area contributed by atoms with E-state index in [0.717, 1.165) is 5.69 Å². The van der Waals surface area contributed by atoms with E-state index in [1.165, 1.54) is 0 Å². The van der Waals surface area contributed by atoms with Crippen LogP contribution in [0.25, 0.3) is 0 Å². The number of pyridine rings is 1. The molecule has 0 aliphatic heterocycles. The first-order chi connectivity index (χ1) is 4.83. The topological polar surface area (TPSA) is 39.2 Å². The van der Waals surface area contributed by atoms with Gasteiger partial charge in [0.05, 0.1) is 0 Å². The lowest BCUT2D eigenvalue weighted by Crippen LogP contribution is -1.89. The Morgan fingerprint density at radius 1 is 1.70 bits per heavy atom. The number of hydrogen-bond donors (Lipinski definition) is 0. The Morgan fingerprint density at radius 3 is 3.10 bits per heavy atom. The van der Waals surface area contributed by atoms with Gasteiger partial charge in [-0.1, -0.05) is 0 Å². The standard InChI is InChI=1S/C7H7NO2/c1-6-4-7(10-5-9)2-3-8-6/h2-5H,1H3. The number of carbonyl (C=O) groups is 1. The molecule has 0 N–H and O–H groups in total. The molecule has 0 bridgehead atoms. The van der Waals surface area contributed by atoms with Crippen molar-refractivity contribution in [3.05, 3.63) is 24.0 Å². The van der Waals surface area contributed by atoms with Crippen LogP contribution in [0.3, 0.4) is 0 Å². The second-order valence-electron chi connectivity index (χ2n) is 1.85. The van der Waals surface area contributed by atoms with Crippen LogP contribution in [0, 0.1) is 6.92 Å². The molecule has 0 spiro atoms. The quantitative estimate of drug-likeness (QED) is 0.569. The zero-order valence-corrected chi connectivity index (χ0v) is 5.57. The maximum Gasteiger partial charge on any atom is 0.298 e. The largest absolute Gasteiger partial charge is 0.429 e. The van der Waals surface area contributed by atoms with Crippen molar-refractivity contribution in [3.63, 3.8) is 0 Å². The number of carbonyl (C=O) groups excluding carboxylic acids is 1. The fourth-order valence-corrected chi connectivity index (χ4v) is 0.648. The van der Waals surface area contributed by atoms with Crippen molar-refractivity contribution in [2.45, 2.75) is 6.92 Å². The number of nitrogens with zero attached hydrogens (tertiary/aromatic N) is 1. The first-order valence-corrected chi connectivity index (χ1v) is 2.86. The summed E-state index contributed by atoms with van der Waals surface area (Å²) in [5.41, 5.74) is 0.833. The summed E-state index contributed by atoms with van der Waals surface area (Å²) in [6.07, 6.45) is 1.59. The Morgan fingerprint density at radius 2 is 2.50 bits per heavy atom. The van der Waals surface area contributed by atoms with E-state index in [4.69, 9.17) is 0 Å². The van der Waals surface area contributed by atoms with E-state index >= 15 is 0 Å². The first-order valence-electron chi connectivity index (χ1n) is 2.86. The normalized spacial score (nSPS) is 8.90. The van der Waals surface area contributed by atoms with Gasteiger partial charge in [0, 0.05) is 18.0 Å². The van der Waals surface area contributed by atoms with E-state index in [-0.39, 0.29) is 0 Å². The molecule has 1 heterocycles. The third-order valence-electron chi connectivity index (χ3n) is 1.05. The SMILES string of the molecule is Cc1cc(OC=O)ccn1. The lowest BCUT2D eigenvalue weighted by Gasteiger charge is -1.95. The van der Waals surface area contributed by atoms with Crippen LogP contribution in [-0.4, -0.2) is 11.5 Å². The average Bonchev–Trinajstić information content (AvgIpc) is 1.88. The Kier molecular flexibility index (Phi) is 1.99. The highest BCUT2D eigenvalue weighted by Crippen LogP contribution is 2.08. The van der Waals surface area contributed by atoms with Crippen molar-refractivity contribution < 1.29 is 9.53 Å². The van der Waals surface area contributed by atoms with Gasteiger partial charge in [0.1, 0.15) is 5.75 Å². The van der Waals surface area contributed by atoms with Crippen molar-refractivity contribution >= 4 is 6.47 Å². The second-order valence-corrected chi connectivity index (χ2v) is 1.85. The monoisotopic (exact) mass is 137 g/mol. The molecule has 0 unspecified atom stereocenters. The van der Waals surface area contributed by atoms with Crippen LogP contribution in [0.15, 0.2) is 18.3 Å². The van der Waals surface area contributed by atoms with Gasteiger partial charge in [-0.15, -0.1) is 0 Å². The summed E-state index contributed by atoms with van der Waals surface area (Å²) in [4.78, 5) is 13.8. The summed E-state index contributed by atoms with van der Waals surface area (Å²) in [5, 5.41) is 0. The van der Waals surface area contributed by atoms with E-state index in [9.17, 15) is 4.79 Å². The van der Waals surface area contributed by atoms with Gasteiger partial charge in [0.15, 0.2) is 0 Å². The minimum atomic E-state index is 0.398. The molecule has 0 saturated heterocycles. The van der Waals surface area contributed by atoms with Gasteiger partial charge in [0.25, 0.3) is 6.47 Å². The lowest BCUT2D eigenvalue weighted by atomic mass is 10.4. The molecule has 3 nitrogen and oxygen atoms in total. The third kappa shape index (κ3) is 1.55. The fraction of sp³-hybridized carbons (Fsp3) is 0.143. The molecule has 0 aliphatic rings. The van der Waals surface area contributed by atoms with E-state index in [1.54, 1.807) is 18.3 Å². The van der Waals surface area contributed by atoms with Gasteiger partial charge in [0.2, 0.25) is 0 Å². The number of ether oxygens (including phenoxy) is 1. The molecular formula is C7H7NO2. The summed E-state index contributed by atoms with van der Waals surface area (Å²) >= 11 is 0. The van der Waals surface area contributed by atoms with Crippen LogP contribution in [-0.2, 0) is 4.79 Å². The smallest absolute Gasteiger partial charge is 0.298 e. The first kappa shape index (κ1) is 6.74. The van der Waals surface area contributed by atoms with Gasteiger partial charge in [-0.3, -0.25) is 9.78 Å². The van der Waals surface area contributed by atoms with Crippen molar-refractivity contribution in [3.8, 4) is 5.75 Å². The molecule has 0 radical (unpaired) electrons. The highest BCUT2D eigenvalue weighted by atomic mass is 16.5. The molecule has 3 heteroatoms. The van der Waals surface area contributed by atoms with E-state index in [1.807, 2.05) is 6.92 Å². The second kappa shape index (κ2) is 2.96. The Labute approximate surface area is 58.7 Å². The average molecular weight is 137 g/mol. The van der Waals surface area contributed by atoms with Crippen molar-refractivity contribution in [2.75, 3.05) is 0 Å². The molecule has 0 atom stereocenters. The van der Waals surface area contributed by atoms with Crippen molar-refractivity contribution in [2.24, 2.45) is 0 Å². The molecule has 0 saturated carbocycles. The summed E-state index contributed by atoms with van der Waals surface area (Å²) in [6, 6.07) is 3.32. The number of hydrogen-bond acceptors (Lipinski definition) is 3. The third-order valence-corrected chi connectivity index (χ3v) is 1.05. The lowest BCUT2D eigenvalue weighted by molar-refractivity contribution is -0.120. The van der Waals surface area contributed by atoms with Gasteiger partial charge in [-0.05, 0) is 13.0 Å². The number of aryl methyl sites for hydroxylation is 1. The van der Waals surface area contributed by atoms with Gasteiger partial charge < -0.3 is 4.74 Å². The van der Waals surface area contributed by atoms with E-state index in [2.05, 4.69) is 9.72 Å². The number of aromatic nitrogens is 1. The minimum absolute atomic E-state index is 0.398.